The summed E-state index contributed by atoms with van der Waals surface area (Å²) < 4.78 is 4.15. The van der Waals surface area contributed by atoms with Crippen LogP contribution in [0.3, 0.4) is 0 Å². The van der Waals surface area contributed by atoms with Crippen LogP contribution in [-0.4, -0.2) is 21.1 Å². The maximum atomic E-state index is 11.9. The van der Waals surface area contributed by atoms with Gasteiger partial charge in [0, 0.05) is 17.2 Å². The zero-order valence-corrected chi connectivity index (χ0v) is 13.2. The molecule has 0 bridgehead atoms. The monoisotopic (exact) mass is 308 g/mol. The molecule has 0 unspecified atom stereocenters. The van der Waals surface area contributed by atoms with E-state index in [0.717, 1.165) is 22.6 Å². The number of urea groups is 1. The number of carbonyl (C=O) groups is 1. The summed E-state index contributed by atoms with van der Waals surface area (Å²) in [6.07, 6.45) is 0. The Hall–Kier alpha value is -1.60. The number of hydrogen-bond donors (Lipinski definition) is 2. The van der Waals surface area contributed by atoms with Gasteiger partial charge in [-0.05, 0) is 42.9 Å². The highest BCUT2D eigenvalue weighted by Gasteiger charge is 2.08. The van der Waals surface area contributed by atoms with Gasteiger partial charge in [0.15, 0.2) is 0 Å². The number of nitrogens with zero attached hydrogens (tertiary/aromatic N) is 2. The van der Waals surface area contributed by atoms with Crippen LogP contribution in [0.4, 0.5) is 15.6 Å². The Morgan fingerprint density at radius 1 is 1.25 bits per heavy atom. The SMILES string of the molecule is CCSc1nsc(NC(=O)Nc2cc(C)cc(C)c2)n1. The number of hydrogen-bond acceptors (Lipinski definition) is 5. The Balaban J connectivity index is 1.97. The molecule has 0 fully saturated rings. The molecule has 1 heterocycles. The normalized spacial score (nSPS) is 10.3. The largest absolute Gasteiger partial charge is 0.325 e. The summed E-state index contributed by atoms with van der Waals surface area (Å²) >= 11 is 2.73. The maximum absolute atomic E-state index is 11.9. The number of rotatable bonds is 4. The molecule has 0 aliphatic rings. The molecule has 0 saturated heterocycles. The van der Waals surface area contributed by atoms with E-state index in [1.54, 1.807) is 11.8 Å². The minimum atomic E-state index is -0.306. The molecule has 2 N–H and O–H groups in total. The molecular formula is C13H16N4OS2. The van der Waals surface area contributed by atoms with Crippen molar-refractivity contribution in [2.45, 2.75) is 25.9 Å². The van der Waals surface area contributed by atoms with Crippen LogP contribution in [0, 0.1) is 13.8 Å². The van der Waals surface area contributed by atoms with Gasteiger partial charge in [0.1, 0.15) is 0 Å². The molecule has 0 radical (unpaired) electrons. The van der Waals surface area contributed by atoms with E-state index < -0.39 is 0 Å². The third kappa shape index (κ3) is 4.21. The number of aromatic nitrogens is 2. The lowest BCUT2D eigenvalue weighted by Gasteiger charge is -2.07. The molecular weight excluding hydrogens is 292 g/mol. The molecule has 106 valence electrons. The molecule has 0 spiro atoms. The third-order valence-electron chi connectivity index (χ3n) is 2.38. The van der Waals surface area contributed by atoms with E-state index in [0.29, 0.717) is 10.3 Å². The number of carbonyl (C=O) groups excluding carboxylic acids is 1. The Morgan fingerprint density at radius 2 is 1.95 bits per heavy atom. The third-order valence-corrected chi connectivity index (χ3v) is 3.86. The van der Waals surface area contributed by atoms with E-state index in [-0.39, 0.29) is 6.03 Å². The van der Waals surface area contributed by atoms with E-state index in [1.165, 1.54) is 11.5 Å². The molecule has 2 rings (SSSR count). The van der Waals surface area contributed by atoms with Gasteiger partial charge in [-0.3, -0.25) is 5.32 Å². The number of nitrogens with one attached hydrogen (secondary N) is 2. The van der Waals surface area contributed by atoms with Crippen LogP contribution in [0.15, 0.2) is 23.4 Å². The first-order chi connectivity index (χ1) is 9.56. The summed E-state index contributed by atoms with van der Waals surface area (Å²) in [5, 5.41) is 6.68. The van der Waals surface area contributed by atoms with Crippen LogP contribution >= 0.6 is 23.3 Å². The van der Waals surface area contributed by atoms with Crippen LogP contribution in [0.1, 0.15) is 18.1 Å². The van der Waals surface area contributed by atoms with Crippen molar-refractivity contribution < 1.29 is 4.79 Å². The Kier molecular flexibility index (Phi) is 4.97. The lowest BCUT2D eigenvalue weighted by molar-refractivity contribution is 0.262. The predicted molar refractivity (Wildman–Crippen MR) is 84.9 cm³/mol. The molecule has 1 aromatic heterocycles. The molecule has 1 aromatic carbocycles. The lowest BCUT2D eigenvalue weighted by Crippen LogP contribution is -2.19. The van der Waals surface area contributed by atoms with Gasteiger partial charge in [-0.2, -0.15) is 9.36 Å². The molecule has 2 amide bonds. The van der Waals surface area contributed by atoms with Gasteiger partial charge in [0.05, 0.1) is 0 Å². The number of anilines is 2. The second-order valence-corrected chi connectivity index (χ2v) is 6.25. The summed E-state index contributed by atoms with van der Waals surface area (Å²) in [5.41, 5.74) is 2.99. The van der Waals surface area contributed by atoms with Crippen LogP contribution < -0.4 is 10.6 Å². The highest BCUT2D eigenvalue weighted by molar-refractivity contribution is 7.99. The Bertz CT molecular complexity index is 592. The first kappa shape index (κ1) is 14.8. The second-order valence-electron chi connectivity index (χ2n) is 4.27. The molecule has 0 aliphatic carbocycles. The number of aryl methyl sites for hydroxylation is 2. The predicted octanol–water partition coefficient (Wildman–Crippen LogP) is 3.91. The van der Waals surface area contributed by atoms with Crippen molar-refractivity contribution in [1.82, 2.24) is 9.36 Å². The van der Waals surface area contributed by atoms with Crippen molar-refractivity contribution in [3.63, 3.8) is 0 Å². The van der Waals surface area contributed by atoms with E-state index in [9.17, 15) is 4.79 Å². The molecule has 20 heavy (non-hydrogen) atoms. The summed E-state index contributed by atoms with van der Waals surface area (Å²) in [6.45, 7) is 6.02. The molecule has 0 atom stereocenters. The fraction of sp³-hybridized carbons (Fsp3) is 0.308. The van der Waals surface area contributed by atoms with Crippen LogP contribution in [0.2, 0.25) is 0 Å². The van der Waals surface area contributed by atoms with Gasteiger partial charge in [0.25, 0.3) is 0 Å². The van der Waals surface area contributed by atoms with Crippen molar-refractivity contribution in [1.29, 1.82) is 0 Å². The van der Waals surface area contributed by atoms with Crippen molar-refractivity contribution in [2.24, 2.45) is 0 Å². The first-order valence-electron chi connectivity index (χ1n) is 6.19. The lowest BCUT2D eigenvalue weighted by atomic mass is 10.1. The van der Waals surface area contributed by atoms with Gasteiger partial charge in [0.2, 0.25) is 10.3 Å². The quantitative estimate of drug-likeness (QED) is 0.840. The summed E-state index contributed by atoms with van der Waals surface area (Å²) in [5.74, 6) is 0.908. The van der Waals surface area contributed by atoms with Crippen LogP contribution in [0.5, 0.6) is 0 Å². The van der Waals surface area contributed by atoms with Gasteiger partial charge in [-0.25, -0.2) is 4.79 Å². The summed E-state index contributed by atoms with van der Waals surface area (Å²) in [6, 6.07) is 5.59. The average molecular weight is 308 g/mol. The highest BCUT2D eigenvalue weighted by Crippen LogP contribution is 2.20. The van der Waals surface area contributed by atoms with Gasteiger partial charge < -0.3 is 5.32 Å². The van der Waals surface area contributed by atoms with E-state index in [1.807, 2.05) is 32.9 Å². The first-order valence-corrected chi connectivity index (χ1v) is 7.95. The van der Waals surface area contributed by atoms with Gasteiger partial charge in [-0.1, -0.05) is 24.8 Å². The van der Waals surface area contributed by atoms with Crippen molar-refractivity contribution in [2.75, 3.05) is 16.4 Å². The zero-order valence-electron chi connectivity index (χ0n) is 11.6. The molecule has 0 saturated carbocycles. The maximum Gasteiger partial charge on any atom is 0.325 e. The van der Waals surface area contributed by atoms with Crippen LogP contribution in [0.25, 0.3) is 0 Å². The van der Waals surface area contributed by atoms with Gasteiger partial charge >= 0.3 is 6.03 Å². The van der Waals surface area contributed by atoms with E-state index in [4.69, 9.17) is 0 Å². The van der Waals surface area contributed by atoms with Gasteiger partial charge in [-0.15, -0.1) is 0 Å². The average Bonchev–Trinajstić information content (AvgIpc) is 2.75. The Labute approximate surface area is 126 Å². The minimum absolute atomic E-state index is 0.306. The fourth-order valence-electron chi connectivity index (χ4n) is 1.75. The molecule has 2 aromatic rings. The highest BCUT2D eigenvalue weighted by atomic mass is 32.2. The fourth-order valence-corrected chi connectivity index (χ4v) is 3.02. The number of amides is 2. The number of benzene rings is 1. The zero-order chi connectivity index (χ0) is 14.5. The van der Waals surface area contributed by atoms with Crippen LogP contribution in [-0.2, 0) is 0 Å². The number of thioether (sulfide) groups is 1. The molecule has 7 heteroatoms. The standard InChI is InChI=1S/C13H16N4OS2/c1-4-19-13-16-12(20-17-13)15-11(18)14-10-6-8(2)5-9(3)7-10/h5-7H,4H2,1-3H3,(H2,14,15,16,17,18). The second kappa shape index (κ2) is 6.71. The smallest absolute Gasteiger partial charge is 0.308 e. The summed E-state index contributed by atoms with van der Waals surface area (Å²) in [4.78, 5) is 16.1. The topological polar surface area (TPSA) is 66.9 Å². The van der Waals surface area contributed by atoms with E-state index in [2.05, 4.69) is 26.1 Å². The van der Waals surface area contributed by atoms with Crippen molar-refractivity contribution in [3.05, 3.63) is 29.3 Å². The van der Waals surface area contributed by atoms with Crippen molar-refractivity contribution in [3.8, 4) is 0 Å². The Morgan fingerprint density at radius 3 is 2.60 bits per heavy atom. The summed E-state index contributed by atoms with van der Waals surface area (Å²) in [7, 11) is 0. The van der Waals surface area contributed by atoms with E-state index >= 15 is 0 Å². The van der Waals surface area contributed by atoms with Crippen molar-refractivity contribution >= 4 is 40.1 Å². The molecule has 5 nitrogen and oxygen atoms in total. The minimum Gasteiger partial charge on any atom is -0.308 e. The molecule has 0 aliphatic heterocycles.